The van der Waals surface area contributed by atoms with Crippen LogP contribution in [0.4, 0.5) is 0 Å². The average molecular weight is 230 g/mol. The minimum absolute atomic E-state index is 0.618. The number of halogens is 2. The van der Waals surface area contributed by atoms with Gasteiger partial charge in [-0.25, -0.2) is 0 Å². The van der Waals surface area contributed by atoms with Crippen LogP contribution in [-0.2, 0) is 6.42 Å². The molecule has 76 valence electrons. The van der Waals surface area contributed by atoms with Crippen molar-refractivity contribution in [3.05, 3.63) is 33.8 Å². The van der Waals surface area contributed by atoms with Crippen LogP contribution in [0.15, 0.2) is 18.2 Å². The van der Waals surface area contributed by atoms with E-state index >= 15 is 0 Å². The molecule has 3 heteroatoms. The number of hydrogen-bond donors (Lipinski definition) is 1. The van der Waals surface area contributed by atoms with Gasteiger partial charge in [-0.3, -0.25) is 0 Å². The molecule has 0 radical (unpaired) electrons. The second kappa shape index (κ2) is 4.52. The standard InChI is InChI=1S/C11H13Cl2N/c12-10-4-3-8(7-11(10)13)6-9-2-1-5-14-9/h3-4,7,9,14H,1-2,5-6H2/t9-/m1/s1. The van der Waals surface area contributed by atoms with Crippen molar-refractivity contribution in [1.82, 2.24) is 5.32 Å². The van der Waals surface area contributed by atoms with E-state index in [1.54, 1.807) is 0 Å². The van der Waals surface area contributed by atoms with E-state index in [0.29, 0.717) is 16.1 Å². The summed E-state index contributed by atoms with van der Waals surface area (Å²) < 4.78 is 0. The van der Waals surface area contributed by atoms with Crippen LogP contribution in [0, 0.1) is 0 Å². The molecule has 14 heavy (non-hydrogen) atoms. The summed E-state index contributed by atoms with van der Waals surface area (Å²) in [6.07, 6.45) is 3.60. The SMILES string of the molecule is Clc1ccc(C[C@H]2CCCN2)cc1Cl. The molecule has 1 N–H and O–H groups in total. The lowest BCUT2D eigenvalue weighted by atomic mass is 10.1. The third-order valence-electron chi connectivity index (χ3n) is 2.63. The molecular weight excluding hydrogens is 217 g/mol. The van der Waals surface area contributed by atoms with Crippen LogP contribution in [-0.4, -0.2) is 12.6 Å². The van der Waals surface area contributed by atoms with Crippen molar-refractivity contribution in [1.29, 1.82) is 0 Å². The average Bonchev–Trinajstić information content (AvgIpc) is 2.64. The fraction of sp³-hybridized carbons (Fsp3) is 0.455. The van der Waals surface area contributed by atoms with E-state index in [0.717, 1.165) is 13.0 Å². The van der Waals surface area contributed by atoms with Crippen molar-refractivity contribution in [2.24, 2.45) is 0 Å². The highest BCUT2D eigenvalue weighted by molar-refractivity contribution is 6.42. The lowest BCUT2D eigenvalue weighted by Gasteiger charge is -2.10. The third-order valence-corrected chi connectivity index (χ3v) is 3.37. The topological polar surface area (TPSA) is 12.0 Å². The van der Waals surface area contributed by atoms with Crippen molar-refractivity contribution in [3.8, 4) is 0 Å². The maximum Gasteiger partial charge on any atom is 0.0595 e. The highest BCUT2D eigenvalue weighted by Crippen LogP contribution is 2.23. The fourth-order valence-corrected chi connectivity index (χ4v) is 2.20. The number of benzene rings is 1. The Kier molecular flexibility index (Phi) is 3.32. The first-order chi connectivity index (χ1) is 6.75. The van der Waals surface area contributed by atoms with E-state index in [2.05, 4.69) is 5.32 Å². The molecule has 1 aliphatic rings. The summed E-state index contributed by atoms with van der Waals surface area (Å²) in [4.78, 5) is 0. The third kappa shape index (κ3) is 2.41. The summed E-state index contributed by atoms with van der Waals surface area (Å²) in [6.45, 7) is 1.14. The van der Waals surface area contributed by atoms with Gasteiger partial charge in [-0.05, 0) is 43.5 Å². The molecule has 1 aromatic rings. The first-order valence-electron chi connectivity index (χ1n) is 4.93. The summed E-state index contributed by atoms with van der Waals surface area (Å²) in [5.74, 6) is 0. The van der Waals surface area contributed by atoms with Crippen LogP contribution in [0.25, 0.3) is 0 Å². The van der Waals surface area contributed by atoms with E-state index in [1.807, 2.05) is 18.2 Å². The molecule has 2 rings (SSSR count). The van der Waals surface area contributed by atoms with Gasteiger partial charge in [0.05, 0.1) is 10.0 Å². The molecule has 1 aliphatic heterocycles. The molecule has 1 nitrogen and oxygen atoms in total. The second-order valence-electron chi connectivity index (χ2n) is 3.75. The predicted molar refractivity (Wildman–Crippen MR) is 61.2 cm³/mol. The Morgan fingerprint density at radius 2 is 2.14 bits per heavy atom. The number of hydrogen-bond acceptors (Lipinski definition) is 1. The highest BCUT2D eigenvalue weighted by atomic mass is 35.5. The van der Waals surface area contributed by atoms with Crippen molar-refractivity contribution in [3.63, 3.8) is 0 Å². The molecule has 1 fully saturated rings. The quantitative estimate of drug-likeness (QED) is 0.821. The van der Waals surface area contributed by atoms with Crippen LogP contribution < -0.4 is 5.32 Å². The van der Waals surface area contributed by atoms with Crippen molar-refractivity contribution < 1.29 is 0 Å². The van der Waals surface area contributed by atoms with Gasteiger partial charge in [0.1, 0.15) is 0 Å². The van der Waals surface area contributed by atoms with E-state index < -0.39 is 0 Å². The van der Waals surface area contributed by atoms with Gasteiger partial charge in [-0.1, -0.05) is 29.3 Å². The number of rotatable bonds is 2. The summed E-state index contributed by atoms with van der Waals surface area (Å²) in [5.41, 5.74) is 1.26. The molecule has 1 aromatic carbocycles. The van der Waals surface area contributed by atoms with E-state index in [1.165, 1.54) is 18.4 Å². The van der Waals surface area contributed by atoms with Crippen molar-refractivity contribution in [2.45, 2.75) is 25.3 Å². The van der Waals surface area contributed by atoms with Crippen LogP contribution in [0.1, 0.15) is 18.4 Å². The zero-order chi connectivity index (χ0) is 9.97. The normalized spacial score (nSPS) is 21.4. The second-order valence-corrected chi connectivity index (χ2v) is 4.56. The maximum absolute atomic E-state index is 5.95. The molecule has 0 saturated carbocycles. The minimum Gasteiger partial charge on any atom is -0.314 e. The number of nitrogens with one attached hydrogen (secondary N) is 1. The Hall–Kier alpha value is -0.240. The smallest absolute Gasteiger partial charge is 0.0595 e. The summed E-state index contributed by atoms with van der Waals surface area (Å²) in [6, 6.07) is 6.50. The van der Waals surface area contributed by atoms with Crippen LogP contribution in [0.3, 0.4) is 0 Å². The molecule has 1 saturated heterocycles. The summed E-state index contributed by atoms with van der Waals surface area (Å²) in [7, 11) is 0. The van der Waals surface area contributed by atoms with Gasteiger partial charge in [-0.2, -0.15) is 0 Å². The summed E-state index contributed by atoms with van der Waals surface area (Å²) >= 11 is 11.8. The van der Waals surface area contributed by atoms with Crippen molar-refractivity contribution >= 4 is 23.2 Å². The van der Waals surface area contributed by atoms with Gasteiger partial charge in [0.2, 0.25) is 0 Å². The van der Waals surface area contributed by atoms with Gasteiger partial charge < -0.3 is 5.32 Å². The Bertz CT molecular complexity index is 319. The molecular formula is C11H13Cl2N. The zero-order valence-corrected chi connectivity index (χ0v) is 9.41. The Morgan fingerprint density at radius 3 is 2.79 bits per heavy atom. The Labute approximate surface area is 94.4 Å². The first-order valence-corrected chi connectivity index (χ1v) is 5.68. The fourth-order valence-electron chi connectivity index (χ4n) is 1.88. The molecule has 0 aliphatic carbocycles. The van der Waals surface area contributed by atoms with Gasteiger partial charge in [0.25, 0.3) is 0 Å². The minimum atomic E-state index is 0.618. The van der Waals surface area contributed by atoms with E-state index in [4.69, 9.17) is 23.2 Å². The largest absolute Gasteiger partial charge is 0.314 e. The van der Waals surface area contributed by atoms with Gasteiger partial charge in [0, 0.05) is 6.04 Å². The molecule has 0 aromatic heterocycles. The van der Waals surface area contributed by atoms with Crippen molar-refractivity contribution in [2.75, 3.05) is 6.54 Å². The molecule has 0 spiro atoms. The lowest BCUT2D eigenvalue weighted by Crippen LogP contribution is -2.23. The van der Waals surface area contributed by atoms with E-state index in [-0.39, 0.29) is 0 Å². The van der Waals surface area contributed by atoms with E-state index in [9.17, 15) is 0 Å². The highest BCUT2D eigenvalue weighted by Gasteiger charge is 2.14. The van der Waals surface area contributed by atoms with Gasteiger partial charge >= 0.3 is 0 Å². The Balaban J connectivity index is 2.05. The van der Waals surface area contributed by atoms with Crippen LogP contribution in [0.5, 0.6) is 0 Å². The van der Waals surface area contributed by atoms with Crippen LogP contribution >= 0.6 is 23.2 Å². The monoisotopic (exact) mass is 229 g/mol. The molecule has 0 amide bonds. The predicted octanol–water partition coefficient (Wildman–Crippen LogP) is 3.29. The summed E-state index contributed by atoms with van der Waals surface area (Å²) in [5, 5.41) is 4.75. The first kappa shape index (κ1) is 10.3. The molecule has 1 atom stereocenters. The lowest BCUT2D eigenvalue weighted by molar-refractivity contribution is 0.603. The molecule has 0 bridgehead atoms. The molecule has 0 unspecified atom stereocenters. The molecule has 1 heterocycles. The van der Waals surface area contributed by atoms with Gasteiger partial charge in [-0.15, -0.1) is 0 Å². The Morgan fingerprint density at radius 1 is 1.29 bits per heavy atom. The zero-order valence-electron chi connectivity index (χ0n) is 7.89. The maximum atomic E-state index is 5.95. The van der Waals surface area contributed by atoms with Gasteiger partial charge in [0.15, 0.2) is 0 Å². The van der Waals surface area contributed by atoms with Crippen LogP contribution in [0.2, 0.25) is 10.0 Å².